The number of nitrogens with one attached hydrogen (secondary N) is 1. The van der Waals surface area contributed by atoms with E-state index in [1.54, 1.807) is 6.07 Å². The van der Waals surface area contributed by atoms with Gasteiger partial charge >= 0.3 is 5.97 Å². The van der Waals surface area contributed by atoms with Gasteiger partial charge in [-0.05, 0) is 6.07 Å². The van der Waals surface area contributed by atoms with Gasteiger partial charge in [0.25, 0.3) is 0 Å². The molecule has 0 spiro atoms. The van der Waals surface area contributed by atoms with Crippen molar-refractivity contribution in [3.63, 3.8) is 0 Å². The Morgan fingerprint density at radius 2 is 2.46 bits per heavy atom. The number of nitrogens with zero attached hydrogens (tertiary/aromatic N) is 1. The molecule has 0 amide bonds. The van der Waals surface area contributed by atoms with Crippen LogP contribution in [0.5, 0.6) is 5.75 Å². The van der Waals surface area contributed by atoms with Crippen LogP contribution in [0.2, 0.25) is 0 Å². The van der Waals surface area contributed by atoms with E-state index in [9.17, 15) is 4.79 Å². The molecule has 0 bridgehead atoms. The summed E-state index contributed by atoms with van der Waals surface area (Å²) in [6, 6.07) is 3.07. The number of aromatic nitrogens is 1. The lowest BCUT2D eigenvalue weighted by molar-refractivity contribution is -0.137. The van der Waals surface area contributed by atoms with Crippen LogP contribution in [-0.4, -0.2) is 22.8 Å². The summed E-state index contributed by atoms with van der Waals surface area (Å²) in [7, 11) is 1.50. The van der Waals surface area contributed by atoms with Crippen molar-refractivity contribution in [1.29, 1.82) is 5.41 Å². The summed E-state index contributed by atoms with van der Waals surface area (Å²) in [5, 5.41) is 15.9. The molecule has 2 N–H and O–H groups in total. The molecule has 5 nitrogen and oxygen atoms in total. The Labute approximate surface area is 74.7 Å². The molecular weight excluding hydrogens is 172 g/mol. The maximum Gasteiger partial charge on any atom is 0.323 e. The molecule has 1 heterocycles. The largest absolute Gasteiger partial charge is 0.497 e. The zero-order valence-corrected chi connectivity index (χ0v) is 7.15. The summed E-state index contributed by atoms with van der Waals surface area (Å²) in [5.74, 6) is -0.421. The Morgan fingerprint density at radius 1 is 1.77 bits per heavy atom. The van der Waals surface area contributed by atoms with Crippen molar-refractivity contribution in [1.82, 2.24) is 4.57 Å². The van der Waals surface area contributed by atoms with E-state index in [4.69, 9.17) is 15.3 Å². The molecule has 0 radical (unpaired) electrons. The fraction of sp³-hybridized carbons (Fsp3) is 0.250. The summed E-state index contributed by atoms with van der Waals surface area (Å²) in [4.78, 5) is 10.3. The average Bonchev–Trinajstić information content (AvgIpc) is 2.08. The van der Waals surface area contributed by atoms with Gasteiger partial charge in [0.2, 0.25) is 0 Å². The summed E-state index contributed by atoms with van der Waals surface area (Å²) >= 11 is 0. The highest BCUT2D eigenvalue weighted by molar-refractivity contribution is 5.66. The highest BCUT2D eigenvalue weighted by atomic mass is 16.5. The summed E-state index contributed by atoms with van der Waals surface area (Å²) < 4.78 is 6.18. The number of carboxylic acids is 1. The molecule has 1 aromatic heterocycles. The molecule has 0 unspecified atom stereocenters. The van der Waals surface area contributed by atoms with Crippen LogP contribution < -0.4 is 10.2 Å². The molecular formula is C8H10N2O3. The van der Waals surface area contributed by atoms with Crippen molar-refractivity contribution in [3.8, 4) is 5.75 Å². The van der Waals surface area contributed by atoms with Gasteiger partial charge in [-0.3, -0.25) is 10.2 Å². The first-order valence-electron chi connectivity index (χ1n) is 3.64. The van der Waals surface area contributed by atoms with Crippen LogP contribution in [0.15, 0.2) is 18.3 Å². The van der Waals surface area contributed by atoms with E-state index < -0.39 is 5.97 Å². The molecule has 0 saturated carbocycles. The quantitative estimate of drug-likeness (QED) is 0.694. The number of carboxylic acid groups (broad SMARTS) is 1. The van der Waals surface area contributed by atoms with Crippen molar-refractivity contribution >= 4 is 5.97 Å². The molecule has 0 aliphatic heterocycles. The molecule has 1 rings (SSSR count). The first-order chi connectivity index (χ1) is 6.13. The molecule has 0 aromatic carbocycles. The van der Waals surface area contributed by atoms with E-state index >= 15 is 0 Å². The lowest BCUT2D eigenvalue weighted by Crippen LogP contribution is -2.22. The number of ether oxygens (including phenoxy) is 1. The first-order valence-corrected chi connectivity index (χ1v) is 3.64. The third kappa shape index (κ3) is 2.33. The van der Waals surface area contributed by atoms with Crippen LogP contribution in [0.3, 0.4) is 0 Å². The number of hydrogen-bond acceptors (Lipinski definition) is 3. The van der Waals surface area contributed by atoms with E-state index in [0.717, 1.165) is 0 Å². The first kappa shape index (κ1) is 9.31. The number of pyridine rings is 1. The number of aliphatic carboxylic acids is 1. The van der Waals surface area contributed by atoms with E-state index in [-0.39, 0.29) is 12.0 Å². The molecule has 0 fully saturated rings. The predicted molar refractivity (Wildman–Crippen MR) is 44.5 cm³/mol. The Bertz CT molecular complexity index is 370. The fourth-order valence-electron chi connectivity index (χ4n) is 0.920. The van der Waals surface area contributed by atoms with E-state index in [2.05, 4.69) is 0 Å². The van der Waals surface area contributed by atoms with Crippen LogP contribution in [0, 0.1) is 5.41 Å². The lowest BCUT2D eigenvalue weighted by atomic mass is 10.4. The third-order valence-electron chi connectivity index (χ3n) is 1.55. The molecule has 1 aromatic rings. The number of methoxy groups -OCH3 is 1. The predicted octanol–water partition coefficient (Wildman–Crippen LogP) is 0.0608. The summed E-state index contributed by atoms with van der Waals surface area (Å²) in [6.07, 6.45) is 1.51. The van der Waals surface area contributed by atoms with Crippen molar-refractivity contribution in [2.45, 2.75) is 6.54 Å². The third-order valence-corrected chi connectivity index (χ3v) is 1.55. The molecule has 0 aliphatic carbocycles. The number of rotatable bonds is 3. The minimum atomic E-state index is -0.969. The van der Waals surface area contributed by atoms with Gasteiger partial charge in [-0.25, -0.2) is 0 Å². The van der Waals surface area contributed by atoms with Gasteiger partial charge in [0.05, 0.1) is 7.11 Å². The van der Waals surface area contributed by atoms with Gasteiger partial charge in [0, 0.05) is 12.3 Å². The molecule has 13 heavy (non-hydrogen) atoms. The second-order valence-electron chi connectivity index (χ2n) is 2.47. The Hall–Kier alpha value is -1.78. The highest BCUT2D eigenvalue weighted by Crippen LogP contribution is 2.03. The average molecular weight is 182 g/mol. The van der Waals surface area contributed by atoms with Crippen LogP contribution in [-0.2, 0) is 11.3 Å². The van der Waals surface area contributed by atoms with Crippen LogP contribution in [0.25, 0.3) is 0 Å². The second kappa shape index (κ2) is 3.75. The highest BCUT2D eigenvalue weighted by Gasteiger charge is 1.99. The van der Waals surface area contributed by atoms with E-state index in [1.165, 1.54) is 23.9 Å². The van der Waals surface area contributed by atoms with Gasteiger partial charge in [-0.15, -0.1) is 0 Å². The van der Waals surface area contributed by atoms with Crippen LogP contribution in [0.1, 0.15) is 0 Å². The monoisotopic (exact) mass is 182 g/mol. The Balaban J connectivity index is 2.99. The molecule has 0 saturated heterocycles. The minimum Gasteiger partial charge on any atom is -0.497 e. The Morgan fingerprint density at radius 3 is 2.92 bits per heavy atom. The summed E-state index contributed by atoms with van der Waals surface area (Å²) in [6.45, 7) is -0.206. The molecule has 70 valence electrons. The zero-order valence-electron chi connectivity index (χ0n) is 7.15. The van der Waals surface area contributed by atoms with Crippen molar-refractivity contribution in [3.05, 3.63) is 23.8 Å². The van der Waals surface area contributed by atoms with E-state index in [0.29, 0.717) is 5.75 Å². The molecule has 5 heteroatoms. The van der Waals surface area contributed by atoms with Crippen LogP contribution in [0.4, 0.5) is 0 Å². The van der Waals surface area contributed by atoms with Gasteiger partial charge in [0.1, 0.15) is 17.8 Å². The Kier molecular flexibility index (Phi) is 2.69. The minimum absolute atomic E-state index is 0.113. The summed E-state index contributed by atoms with van der Waals surface area (Å²) in [5.41, 5.74) is 0.113. The second-order valence-corrected chi connectivity index (χ2v) is 2.47. The number of hydrogen-bond donors (Lipinski definition) is 2. The van der Waals surface area contributed by atoms with Crippen molar-refractivity contribution < 1.29 is 14.6 Å². The normalized spacial score (nSPS) is 9.62. The zero-order chi connectivity index (χ0) is 9.84. The standard InChI is InChI=1S/C8H10N2O3/c1-13-6-2-3-10(5-8(11)12)7(9)4-6/h2-4,9H,5H2,1H3,(H,11,12). The van der Waals surface area contributed by atoms with Crippen molar-refractivity contribution in [2.75, 3.05) is 7.11 Å². The topological polar surface area (TPSA) is 75.3 Å². The molecule has 0 atom stereocenters. The molecule has 0 aliphatic rings. The maximum atomic E-state index is 10.3. The van der Waals surface area contributed by atoms with Gasteiger partial charge in [-0.2, -0.15) is 0 Å². The van der Waals surface area contributed by atoms with Crippen molar-refractivity contribution in [2.24, 2.45) is 0 Å². The maximum absolute atomic E-state index is 10.3. The lowest BCUT2D eigenvalue weighted by Gasteiger charge is -2.04. The SMILES string of the molecule is COc1ccn(CC(=O)O)c(=N)c1. The van der Waals surface area contributed by atoms with E-state index in [1.807, 2.05) is 0 Å². The van der Waals surface area contributed by atoms with Gasteiger partial charge in [0.15, 0.2) is 0 Å². The fourth-order valence-corrected chi connectivity index (χ4v) is 0.920. The smallest absolute Gasteiger partial charge is 0.323 e. The van der Waals surface area contributed by atoms with Crippen LogP contribution >= 0.6 is 0 Å². The van der Waals surface area contributed by atoms with Gasteiger partial charge in [-0.1, -0.05) is 0 Å². The number of carbonyl (C=O) groups is 1. The van der Waals surface area contributed by atoms with Gasteiger partial charge < -0.3 is 14.4 Å².